The Labute approximate surface area is 68.8 Å². The molecule has 0 aromatic carbocycles. The summed E-state index contributed by atoms with van der Waals surface area (Å²) in [6.07, 6.45) is 3.83. The van der Waals surface area contributed by atoms with E-state index >= 15 is 0 Å². The third kappa shape index (κ3) is 3.76. The highest BCUT2D eigenvalue weighted by Crippen LogP contribution is 2.12. The second-order valence-electron chi connectivity index (χ2n) is 2.80. The van der Waals surface area contributed by atoms with Gasteiger partial charge in [-0.05, 0) is 13.3 Å². The SMILES string of the molecule is C=C(CC)/C(C)=C\C(C)C=O. The van der Waals surface area contributed by atoms with Crippen molar-refractivity contribution in [3.05, 3.63) is 23.8 Å². The molecule has 1 unspecified atom stereocenters. The van der Waals surface area contributed by atoms with Crippen molar-refractivity contribution < 1.29 is 4.79 Å². The maximum atomic E-state index is 10.3. The second kappa shape index (κ2) is 4.89. The van der Waals surface area contributed by atoms with Gasteiger partial charge in [-0.25, -0.2) is 0 Å². The van der Waals surface area contributed by atoms with Crippen LogP contribution in [0.25, 0.3) is 0 Å². The zero-order chi connectivity index (χ0) is 8.85. The van der Waals surface area contributed by atoms with Crippen LogP contribution in [0.2, 0.25) is 0 Å². The summed E-state index contributed by atoms with van der Waals surface area (Å²) in [5, 5.41) is 0. The molecule has 0 aliphatic heterocycles. The normalized spacial score (nSPS) is 14.3. The lowest BCUT2D eigenvalue weighted by atomic mass is 10.0. The molecule has 0 rings (SSSR count). The Morgan fingerprint density at radius 3 is 2.55 bits per heavy atom. The smallest absolute Gasteiger partial charge is 0.126 e. The van der Waals surface area contributed by atoms with Crippen LogP contribution in [0.15, 0.2) is 23.8 Å². The van der Waals surface area contributed by atoms with Crippen LogP contribution in [0.5, 0.6) is 0 Å². The lowest BCUT2D eigenvalue weighted by molar-refractivity contribution is -0.109. The van der Waals surface area contributed by atoms with Crippen molar-refractivity contribution in [1.82, 2.24) is 0 Å². The Morgan fingerprint density at radius 1 is 1.64 bits per heavy atom. The summed E-state index contributed by atoms with van der Waals surface area (Å²) < 4.78 is 0. The van der Waals surface area contributed by atoms with E-state index in [1.807, 2.05) is 19.9 Å². The third-order valence-electron chi connectivity index (χ3n) is 1.71. The van der Waals surface area contributed by atoms with E-state index in [0.29, 0.717) is 0 Å². The molecule has 0 saturated heterocycles. The van der Waals surface area contributed by atoms with Crippen molar-refractivity contribution >= 4 is 6.29 Å². The number of rotatable bonds is 4. The van der Waals surface area contributed by atoms with E-state index in [-0.39, 0.29) is 5.92 Å². The first-order chi connectivity index (χ1) is 5.11. The van der Waals surface area contributed by atoms with Crippen molar-refractivity contribution in [2.24, 2.45) is 5.92 Å². The summed E-state index contributed by atoms with van der Waals surface area (Å²) in [5.74, 6) is 0.0123. The monoisotopic (exact) mass is 152 g/mol. The number of carbonyl (C=O) groups is 1. The minimum atomic E-state index is 0.0123. The fourth-order valence-electron chi connectivity index (χ4n) is 0.830. The molecule has 11 heavy (non-hydrogen) atoms. The average molecular weight is 152 g/mol. The molecule has 0 radical (unpaired) electrons. The first kappa shape index (κ1) is 10.2. The Balaban J connectivity index is 4.20. The third-order valence-corrected chi connectivity index (χ3v) is 1.71. The van der Waals surface area contributed by atoms with Gasteiger partial charge in [-0.3, -0.25) is 0 Å². The predicted octanol–water partition coefficient (Wildman–Crippen LogP) is 2.73. The van der Waals surface area contributed by atoms with E-state index in [2.05, 4.69) is 13.5 Å². The van der Waals surface area contributed by atoms with E-state index < -0.39 is 0 Å². The van der Waals surface area contributed by atoms with E-state index in [4.69, 9.17) is 0 Å². The summed E-state index contributed by atoms with van der Waals surface area (Å²) in [6, 6.07) is 0. The molecule has 0 spiro atoms. The van der Waals surface area contributed by atoms with Gasteiger partial charge in [-0.1, -0.05) is 37.6 Å². The van der Waals surface area contributed by atoms with Crippen LogP contribution in [0.3, 0.4) is 0 Å². The molecule has 0 amide bonds. The Hall–Kier alpha value is -0.850. The predicted molar refractivity (Wildman–Crippen MR) is 48.4 cm³/mol. The number of hydrogen-bond donors (Lipinski definition) is 0. The summed E-state index contributed by atoms with van der Waals surface area (Å²) in [5.41, 5.74) is 2.24. The molecule has 0 bridgehead atoms. The molecule has 1 nitrogen and oxygen atoms in total. The van der Waals surface area contributed by atoms with E-state index in [1.165, 1.54) is 0 Å². The highest BCUT2D eigenvalue weighted by molar-refractivity contribution is 5.56. The van der Waals surface area contributed by atoms with Gasteiger partial charge >= 0.3 is 0 Å². The summed E-state index contributed by atoms with van der Waals surface area (Å²) >= 11 is 0. The number of hydrogen-bond acceptors (Lipinski definition) is 1. The van der Waals surface area contributed by atoms with Crippen LogP contribution in [0, 0.1) is 5.92 Å². The van der Waals surface area contributed by atoms with Crippen molar-refractivity contribution in [2.75, 3.05) is 0 Å². The molecule has 0 aliphatic carbocycles. The summed E-state index contributed by atoms with van der Waals surface area (Å²) in [6.45, 7) is 9.80. The molecule has 1 heteroatoms. The van der Waals surface area contributed by atoms with Crippen molar-refractivity contribution in [3.63, 3.8) is 0 Å². The largest absolute Gasteiger partial charge is 0.303 e. The second-order valence-corrected chi connectivity index (χ2v) is 2.80. The molecule has 0 N–H and O–H groups in total. The molecule has 1 atom stereocenters. The molecular formula is C10H16O. The lowest BCUT2D eigenvalue weighted by Gasteiger charge is -2.03. The Bertz CT molecular complexity index is 177. The summed E-state index contributed by atoms with van der Waals surface area (Å²) in [7, 11) is 0. The van der Waals surface area contributed by atoms with Gasteiger partial charge in [0, 0.05) is 5.92 Å². The molecule has 0 saturated carbocycles. The molecule has 62 valence electrons. The van der Waals surface area contributed by atoms with Crippen LogP contribution >= 0.6 is 0 Å². The number of aldehydes is 1. The average Bonchev–Trinajstić information content (AvgIpc) is 2.02. The van der Waals surface area contributed by atoms with Crippen LogP contribution in [0.1, 0.15) is 27.2 Å². The van der Waals surface area contributed by atoms with Crippen LogP contribution in [-0.2, 0) is 4.79 Å². The molecule has 0 aromatic heterocycles. The molecule has 0 aliphatic rings. The zero-order valence-corrected chi connectivity index (χ0v) is 7.55. The van der Waals surface area contributed by atoms with E-state index in [9.17, 15) is 4.79 Å². The quantitative estimate of drug-likeness (QED) is 0.447. The number of carbonyl (C=O) groups excluding carboxylic acids is 1. The van der Waals surface area contributed by atoms with Crippen LogP contribution in [-0.4, -0.2) is 6.29 Å². The van der Waals surface area contributed by atoms with E-state index in [1.54, 1.807) is 0 Å². The highest BCUT2D eigenvalue weighted by Gasteiger charge is 1.97. The number of allylic oxidation sites excluding steroid dienone is 3. The van der Waals surface area contributed by atoms with Crippen molar-refractivity contribution in [1.29, 1.82) is 0 Å². The molecule has 0 heterocycles. The standard InChI is InChI=1S/C10H16O/c1-5-9(3)10(4)6-8(2)7-11/h6-8H,3,5H2,1-2,4H3/b10-6-. The molecule has 0 aromatic rings. The van der Waals surface area contributed by atoms with Gasteiger partial charge in [0.2, 0.25) is 0 Å². The first-order valence-corrected chi connectivity index (χ1v) is 3.93. The van der Waals surface area contributed by atoms with Gasteiger partial charge in [0.1, 0.15) is 6.29 Å². The minimum Gasteiger partial charge on any atom is -0.303 e. The van der Waals surface area contributed by atoms with Gasteiger partial charge in [0.25, 0.3) is 0 Å². The first-order valence-electron chi connectivity index (χ1n) is 3.93. The summed E-state index contributed by atoms with van der Waals surface area (Å²) in [4.78, 5) is 10.3. The fourth-order valence-corrected chi connectivity index (χ4v) is 0.830. The topological polar surface area (TPSA) is 17.1 Å². The van der Waals surface area contributed by atoms with Crippen molar-refractivity contribution in [3.8, 4) is 0 Å². The maximum absolute atomic E-state index is 10.3. The fraction of sp³-hybridized carbons (Fsp3) is 0.500. The zero-order valence-electron chi connectivity index (χ0n) is 7.55. The Kier molecular flexibility index (Phi) is 4.51. The van der Waals surface area contributed by atoms with Crippen molar-refractivity contribution in [2.45, 2.75) is 27.2 Å². The van der Waals surface area contributed by atoms with Crippen LogP contribution < -0.4 is 0 Å². The van der Waals surface area contributed by atoms with Gasteiger partial charge in [-0.15, -0.1) is 0 Å². The Morgan fingerprint density at radius 2 is 2.18 bits per heavy atom. The van der Waals surface area contributed by atoms with Gasteiger partial charge in [-0.2, -0.15) is 0 Å². The molecular weight excluding hydrogens is 136 g/mol. The lowest BCUT2D eigenvalue weighted by Crippen LogP contribution is -1.92. The maximum Gasteiger partial charge on any atom is 0.126 e. The highest BCUT2D eigenvalue weighted by atomic mass is 16.1. The van der Waals surface area contributed by atoms with Gasteiger partial charge in [0.05, 0.1) is 0 Å². The van der Waals surface area contributed by atoms with Gasteiger partial charge in [0.15, 0.2) is 0 Å². The van der Waals surface area contributed by atoms with Crippen LogP contribution in [0.4, 0.5) is 0 Å². The minimum absolute atomic E-state index is 0.0123. The van der Waals surface area contributed by atoms with E-state index in [0.717, 1.165) is 23.9 Å². The van der Waals surface area contributed by atoms with Gasteiger partial charge < -0.3 is 4.79 Å². The molecule has 0 fully saturated rings.